The molecular weight excluding hydrogens is 220 g/mol. The van der Waals surface area contributed by atoms with Gasteiger partial charge in [-0.15, -0.1) is 0 Å². The van der Waals surface area contributed by atoms with Gasteiger partial charge in [-0.3, -0.25) is 0 Å². The zero-order chi connectivity index (χ0) is 12.7. The van der Waals surface area contributed by atoms with Crippen LogP contribution in [0, 0.1) is 5.41 Å². The summed E-state index contributed by atoms with van der Waals surface area (Å²) in [6.07, 6.45) is 1.00. The minimum atomic E-state index is -0.879. The lowest BCUT2D eigenvalue weighted by Crippen LogP contribution is -2.20. The number of carbonyl (C=O) groups is 1. The van der Waals surface area contributed by atoms with Gasteiger partial charge in [-0.05, 0) is 18.6 Å². The smallest absolute Gasteiger partial charge is 0.335 e. The number of aliphatic hydroxyl groups excluding tert-OH is 1. The molecule has 1 aromatic carbocycles. The number of benzene rings is 1. The largest absolute Gasteiger partial charge is 0.478 e. The molecule has 4 nitrogen and oxygen atoms in total. The van der Waals surface area contributed by atoms with E-state index < -0.39 is 5.97 Å². The van der Waals surface area contributed by atoms with E-state index in [1.807, 2.05) is 6.92 Å². The lowest BCUT2D eigenvalue weighted by atomic mass is 9.92. The summed E-state index contributed by atoms with van der Waals surface area (Å²) in [7, 11) is 0. The Morgan fingerprint density at radius 2 is 2.06 bits per heavy atom. The van der Waals surface area contributed by atoms with Crippen molar-refractivity contribution in [3.05, 3.63) is 35.9 Å². The molecule has 2 rings (SSSR count). The first-order chi connectivity index (χ1) is 8.07. The fourth-order valence-electron chi connectivity index (χ4n) is 1.41. The SMILES string of the molecule is CC1(CO)CCOC1.O=C(O)c1ccccc1. The third-order valence-electron chi connectivity index (χ3n) is 2.70. The molecule has 1 saturated heterocycles. The summed E-state index contributed by atoms with van der Waals surface area (Å²) in [6.45, 7) is 3.84. The van der Waals surface area contributed by atoms with Gasteiger partial charge < -0.3 is 14.9 Å². The van der Waals surface area contributed by atoms with Crippen LogP contribution in [0.15, 0.2) is 30.3 Å². The standard InChI is InChI=1S/C7H6O2.C6H12O2/c8-7(9)6-4-2-1-3-5-6;1-6(4-7)2-3-8-5-6/h1-5H,(H,8,9);7H,2-5H2,1H3. The van der Waals surface area contributed by atoms with Crippen molar-refractivity contribution in [2.45, 2.75) is 13.3 Å². The molecule has 94 valence electrons. The van der Waals surface area contributed by atoms with Crippen molar-refractivity contribution < 1.29 is 19.7 Å². The molecule has 0 radical (unpaired) electrons. The second-order valence-electron chi connectivity index (χ2n) is 4.44. The minimum absolute atomic E-state index is 0.0694. The Hall–Kier alpha value is -1.39. The van der Waals surface area contributed by atoms with Gasteiger partial charge >= 0.3 is 5.97 Å². The van der Waals surface area contributed by atoms with Crippen molar-refractivity contribution in [3.8, 4) is 0 Å². The van der Waals surface area contributed by atoms with Crippen molar-refractivity contribution in [3.63, 3.8) is 0 Å². The zero-order valence-electron chi connectivity index (χ0n) is 9.93. The van der Waals surface area contributed by atoms with E-state index in [9.17, 15) is 4.79 Å². The predicted octanol–water partition coefficient (Wildman–Crippen LogP) is 1.79. The number of aromatic carboxylic acids is 1. The summed E-state index contributed by atoms with van der Waals surface area (Å²) >= 11 is 0. The maximum atomic E-state index is 10.2. The summed E-state index contributed by atoms with van der Waals surface area (Å²) in [4.78, 5) is 10.2. The average molecular weight is 238 g/mol. The summed E-state index contributed by atoms with van der Waals surface area (Å²) in [6, 6.07) is 8.30. The Morgan fingerprint density at radius 1 is 1.41 bits per heavy atom. The molecule has 1 atom stereocenters. The molecule has 4 heteroatoms. The molecule has 1 aromatic rings. The van der Waals surface area contributed by atoms with E-state index in [0.717, 1.165) is 19.6 Å². The molecule has 17 heavy (non-hydrogen) atoms. The maximum Gasteiger partial charge on any atom is 0.335 e. The molecule has 0 amide bonds. The second kappa shape index (κ2) is 6.37. The highest BCUT2D eigenvalue weighted by Gasteiger charge is 2.28. The Balaban J connectivity index is 0.000000171. The average Bonchev–Trinajstić information content (AvgIpc) is 2.79. The third kappa shape index (κ3) is 4.54. The van der Waals surface area contributed by atoms with Crippen LogP contribution in [0.5, 0.6) is 0 Å². The van der Waals surface area contributed by atoms with Gasteiger partial charge in [0, 0.05) is 12.0 Å². The van der Waals surface area contributed by atoms with Crippen LogP contribution in [0.1, 0.15) is 23.7 Å². The number of hydrogen-bond donors (Lipinski definition) is 2. The van der Waals surface area contributed by atoms with E-state index in [-0.39, 0.29) is 12.0 Å². The normalized spacial score (nSPS) is 22.7. The first kappa shape index (κ1) is 13.7. The van der Waals surface area contributed by atoms with Crippen LogP contribution < -0.4 is 0 Å². The van der Waals surface area contributed by atoms with E-state index in [2.05, 4.69) is 0 Å². The summed E-state index contributed by atoms with van der Waals surface area (Å²) in [5.74, 6) is -0.879. The first-order valence-electron chi connectivity index (χ1n) is 5.54. The summed E-state index contributed by atoms with van der Waals surface area (Å²) in [5, 5.41) is 17.1. The van der Waals surface area contributed by atoms with Gasteiger partial charge in [0.1, 0.15) is 0 Å². The number of aliphatic hydroxyl groups is 1. The molecule has 0 saturated carbocycles. The third-order valence-corrected chi connectivity index (χ3v) is 2.70. The molecule has 1 fully saturated rings. The molecule has 0 aliphatic carbocycles. The number of carboxylic acid groups (broad SMARTS) is 1. The van der Waals surface area contributed by atoms with Crippen LogP contribution in [-0.2, 0) is 4.74 Å². The van der Waals surface area contributed by atoms with Gasteiger partial charge in [-0.25, -0.2) is 4.79 Å². The van der Waals surface area contributed by atoms with Gasteiger partial charge in [0.25, 0.3) is 0 Å². The second-order valence-corrected chi connectivity index (χ2v) is 4.44. The van der Waals surface area contributed by atoms with Crippen molar-refractivity contribution in [1.29, 1.82) is 0 Å². The highest BCUT2D eigenvalue weighted by Crippen LogP contribution is 2.26. The monoisotopic (exact) mass is 238 g/mol. The molecule has 1 aliphatic rings. The number of carboxylic acids is 1. The molecule has 1 heterocycles. The Labute approximate surface area is 101 Å². The van der Waals surface area contributed by atoms with E-state index in [4.69, 9.17) is 14.9 Å². The molecule has 2 N–H and O–H groups in total. The van der Waals surface area contributed by atoms with Gasteiger partial charge in [0.2, 0.25) is 0 Å². The fraction of sp³-hybridized carbons (Fsp3) is 0.462. The van der Waals surface area contributed by atoms with E-state index in [1.54, 1.807) is 30.3 Å². The molecule has 1 aliphatic heterocycles. The fourth-order valence-corrected chi connectivity index (χ4v) is 1.41. The van der Waals surface area contributed by atoms with Gasteiger partial charge in [-0.1, -0.05) is 25.1 Å². The van der Waals surface area contributed by atoms with E-state index in [0.29, 0.717) is 5.56 Å². The molecule has 0 bridgehead atoms. The van der Waals surface area contributed by atoms with Crippen LogP contribution in [-0.4, -0.2) is 36.0 Å². The van der Waals surface area contributed by atoms with E-state index >= 15 is 0 Å². The Kier molecular flexibility index (Phi) is 5.12. The lowest BCUT2D eigenvalue weighted by Gasteiger charge is -2.16. The van der Waals surface area contributed by atoms with Gasteiger partial charge in [-0.2, -0.15) is 0 Å². The van der Waals surface area contributed by atoms with E-state index in [1.165, 1.54) is 0 Å². The number of ether oxygens (including phenoxy) is 1. The highest BCUT2D eigenvalue weighted by molar-refractivity contribution is 5.87. The van der Waals surface area contributed by atoms with Gasteiger partial charge in [0.05, 0.1) is 18.8 Å². The van der Waals surface area contributed by atoms with Crippen LogP contribution >= 0.6 is 0 Å². The number of rotatable bonds is 2. The lowest BCUT2D eigenvalue weighted by molar-refractivity contribution is 0.0697. The van der Waals surface area contributed by atoms with Crippen molar-refractivity contribution in [1.82, 2.24) is 0 Å². The van der Waals surface area contributed by atoms with Crippen molar-refractivity contribution in [2.75, 3.05) is 19.8 Å². The zero-order valence-corrected chi connectivity index (χ0v) is 9.93. The summed E-state index contributed by atoms with van der Waals surface area (Å²) < 4.78 is 5.09. The van der Waals surface area contributed by atoms with Crippen LogP contribution in [0.25, 0.3) is 0 Å². The maximum absolute atomic E-state index is 10.2. The van der Waals surface area contributed by atoms with Crippen LogP contribution in [0.3, 0.4) is 0 Å². The topological polar surface area (TPSA) is 66.8 Å². The Bertz CT molecular complexity index is 342. The molecular formula is C13H18O4. The Morgan fingerprint density at radius 3 is 2.35 bits per heavy atom. The highest BCUT2D eigenvalue weighted by atomic mass is 16.5. The number of hydrogen-bond acceptors (Lipinski definition) is 3. The van der Waals surface area contributed by atoms with Crippen molar-refractivity contribution >= 4 is 5.97 Å². The predicted molar refractivity (Wildman–Crippen MR) is 64.0 cm³/mol. The molecule has 0 aromatic heterocycles. The minimum Gasteiger partial charge on any atom is -0.478 e. The quantitative estimate of drug-likeness (QED) is 0.824. The van der Waals surface area contributed by atoms with Crippen molar-refractivity contribution in [2.24, 2.45) is 5.41 Å². The molecule has 0 spiro atoms. The van der Waals surface area contributed by atoms with Crippen LogP contribution in [0.4, 0.5) is 0 Å². The van der Waals surface area contributed by atoms with Crippen LogP contribution in [0.2, 0.25) is 0 Å². The van der Waals surface area contributed by atoms with Gasteiger partial charge in [0.15, 0.2) is 0 Å². The summed E-state index contributed by atoms with van der Waals surface area (Å²) in [5.41, 5.74) is 0.400. The first-order valence-corrected chi connectivity index (χ1v) is 5.54. The molecule has 1 unspecified atom stereocenters.